The molecule has 1 saturated heterocycles. The molecular weight excluding hydrogens is 384 g/mol. The maximum atomic E-state index is 13.7. The van der Waals surface area contributed by atoms with Crippen LogP contribution in [0.5, 0.6) is 0 Å². The largest absolute Gasteiger partial charge is 0.334 e. The van der Waals surface area contributed by atoms with E-state index in [0.29, 0.717) is 18.0 Å². The van der Waals surface area contributed by atoms with Gasteiger partial charge in [0.2, 0.25) is 0 Å². The van der Waals surface area contributed by atoms with Crippen LogP contribution in [0.3, 0.4) is 0 Å². The van der Waals surface area contributed by atoms with Crippen LogP contribution in [0, 0.1) is 5.41 Å². The lowest BCUT2D eigenvalue weighted by Gasteiger charge is -2.30. The van der Waals surface area contributed by atoms with Crippen molar-refractivity contribution >= 4 is 18.3 Å². The molecule has 0 bridgehead atoms. The lowest BCUT2D eigenvalue weighted by molar-refractivity contribution is 0.0685. The second kappa shape index (κ2) is 8.11. The van der Waals surface area contributed by atoms with Crippen LogP contribution in [-0.4, -0.2) is 39.5 Å². The van der Waals surface area contributed by atoms with Crippen molar-refractivity contribution in [3.05, 3.63) is 53.1 Å². The third-order valence-corrected chi connectivity index (χ3v) is 7.18. The maximum absolute atomic E-state index is 13.7. The first-order chi connectivity index (χ1) is 13.7. The Balaban J connectivity index is 0.00000205. The number of piperidine rings is 1. The minimum Gasteiger partial charge on any atom is -0.334 e. The number of nitrogens with one attached hydrogen (secondary N) is 1. The van der Waals surface area contributed by atoms with Gasteiger partial charge in [-0.3, -0.25) is 4.79 Å². The number of halogens is 1. The smallest absolute Gasteiger partial charge is 0.254 e. The molecule has 3 aliphatic rings. The summed E-state index contributed by atoms with van der Waals surface area (Å²) < 4.78 is 2.15. The zero-order valence-electron chi connectivity index (χ0n) is 17.2. The lowest BCUT2D eigenvalue weighted by Crippen LogP contribution is -2.39. The number of carbonyl (C=O) groups excluding carboxylic acids is 1. The van der Waals surface area contributed by atoms with E-state index in [1.165, 1.54) is 30.4 Å². The van der Waals surface area contributed by atoms with Crippen LogP contribution in [0.25, 0.3) is 0 Å². The Labute approximate surface area is 179 Å². The van der Waals surface area contributed by atoms with Crippen LogP contribution in [0.15, 0.2) is 30.6 Å². The summed E-state index contributed by atoms with van der Waals surface area (Å²) in [5.74, 6) is 1.17. The van der Waals surface area contributed by atoms with E-state index in [1.54, 1.807) is 0 Å². The molecule has 5 rings (SSSR count). The number of rotatable bonds is 5. The number of nitrogens with zero attached hydrogens (tertiary/aromatic N) is 3. The first-order valence-corrected chi connectivity index (χ1v) is 10.8. The van der Waals surface area contributed by atoms with Crippen LogP contribution in [-0.2, 0) is 25.9 Å². The zero-order chi connectivity index (χ0) is 19.1. The summed E-state index contributed by atoms with van der Waals surface area (Å²) in [6.45, 7) is 5.76. The highest BCUT2D eigenvalue weighted by Gasteiger charge is 2.58. The molecule has 1 aromatic carbocycles. The molecule has 1 unspecified atom stereocenters. The minimum atomic E-state index is 0. The van der Waals surface area contributed by atoms with Crippen molar-refractivity contribution in [3.63, 3.8) is 0 Å². The molecule has 2 aliphatic carbocycles. The van der Waals surface area contributed by atoms with Gasteiger partial charge in [-0.1, -0.05) is 6.07 Å². The molecule has 156 valence electrons. The number of aromatic nitrogens is 2. The van der Waals surface area contributed by atoms with Crippen molar-refractivity contribution in [2.45, 2.75) is 64.6 Å². The summed E-state index contributed by atoms with van der Waals surface area (Å²) in [6, 6.07) is 6.72. The van der Waals surface area contributed by atoms with Gasteiger partial charge in [-0.2, -0.15) is 0 Å². The van der Waals surface area contributed by atoms with E-state index in [9.17, 15) is 4.79 Å². The van der Waals surface area contributed by atoms with Gasteiger partial charge < -0.3 is 14.8 Å². The topological polar surface area (TPSA) is 50.2 Å². The Morgan fingerprint density at radius 2 is 2.07 bits per heavy atom. The second-order valence-electron chi connectivity index (χ2n) is 8.73. The fourth-order valence-corrected chi connectivity index (χ4v) is 5.36. The van der Waals surface area contributed by atoms with Crippen LogP contribution in [0.4, 0.5) is 0 Å². The maximum Gasteiger partial charge on any atom is 0.254 e. The molecule has 29 heavy (non-hydrogen) atoms. The summed E-state index contributed by atoms with van der Waals surface area (Å²) >= 11 is 0. The molecule has 5 nitrogen and oxygen atoms in total. The Hall–Kier alpha value is -1.85. The van der Waals surface area contributed by atoms with Gasteiger partial charge in [0.05, 0.1) is 6.54 Å². The standard InChI is InChI=1S/C23H30N4O.ClH/c1-2-26-13-12-25-21(26)16-27(20-15-23(20)8-10-24-11-9-23)22(28)19-7-6-17-4-3-5-18(17)14-19;/h6-7,12-14,20,24H,2-5,8-11,15-16H2,1H3;1H. The first kappa shape index (κ1) is 20.4. The molecule has 1 aliphatic heterocycles. The van der Waals surface area contributed by atoms with Gasteiger partial charge in [0, 0.05) is 30.5 Å². The quantitative estimate of drug-likeness (QED) is 0.813. The van der Waals surface area contributed by atoms with Crippen molar-refractivity contribution in [3.8, 4) is 0 Å². The third-order valence-electron chi connectivity index (χ3n) is 7.18. The summed E-state index contributed by atoms with van der Waals surface area (Å²) in [4.78, 5) is 20.3. The lowest BCUT2D eigenvalue weighted by atomic mass is 9.93. The van der Waals surface area contributed by atoms with Crippen molar-refractivity contribution in [1.29, 1.82) is 0 Å². The molecule has 1 saturated carbocycles. The number of fused-ring (bicyclic) bond motifs is 1. The Bertz CT molecular complexity index is 887. The highest BCUT2D eigenvalue weighted by atomic mass is 35.5. The zero-order valence-corrected chi connectivity index (χ0v) is 18.0. The number of hydrogen-bond donors (Lipinski definition) is 1. The molecule has 1 aromatic heterocycles. The van der Waals surface area contributed by atoms with Crippen LogP contribution < -0.4 is 5.32 Å². The van der Waals surface area contributed by atoms with Crippen molar-refractivity contribution in [2.75, 3.05) is 13.1 Å². The van der Waals surface area contributed by atoms with Gasteiger partial charge in [-0.05, 0) is 87.2 Å². The number of aryl methyl sites for hydroxylation is 3. The van der Waals surface area contributed by atoms with Crippen LogP contribution in [0.1, 0.15) is 59.9 Å². The molecule has 2 heterocycles. The van der Waals surface area contributed by atoms with E-state index >= 15 is 0 Å². The Morgan fingerprint density at radius 1 is 1.28 bits per heavy atom. The van der Waals surface area contributed by atoms with E-state index in [0.717, 1.165) is 50.3 Å². The Morgan fingerprint density at radius 3 is 2.86 bits per heavy atom. The molecule has 2 fully saturated rings. The van der Waals surface area contributed by atoms with Gasteiger partial charge in [0.1, 0.15) is 5.82 Å². The molecule has 2 aromatic rings. The Kier molecular flexibility index (Phi) is 5.71. The minimum absolute atomic E-state index is 0. The van der Waals surface area contributed by atoms with E-state index < -0.39 is 0 Å². The molecule has 6 heteroatoms. The van der Waals surface area contributed by atoms with E-state index in [1.807, 2.05) is 18.5 Å². The van der Waals surface area contributed by atoms with Gasteiger partial charge in [-0.25, -0.2) is 4.98 Å². The predicted octanol–water partition coefficient (Wildman–Crippen LogP) is 3.60. The van der Waals surface area contributed by atoms with E-state index in [2.05, 4.69) is 38.8 Å². The predicted molar refractivity (Wildman–Crippen MR) is 116 cm³/mol. The average molecular weight is 415 g/mol. The highest BCUT2D eigenvalue weighted by molar-refractivity contribution is 5.95. The van der Waals surface area contributed by atoms with E-state index in [4.69, 9.17) is 0 Å². The molecule has 1 spiro atoms. The molecule has 1 amide bonds. The normalized spacial score (nSPS) is 21.5. The number of amides is 1. The fraction of sp³-hybridized carbons (Fsp3) is 0.565. The summed E-state index contributed by atoms with van der Waals surface area (Å²) in [5.41, 5.74) is 3.96. The number of hydrogen-bond acceptors (Lipinski definition) is 3. The summed E-state index contributed by atoms with van der Waals surface area (Å²) in [5, 5.41) is 3.47. The first-order valence-electron chi connectivity index (χ1n) is 10.8. The molecular formula is C23H31ClN4O. The van der Waals surface area contributed by atoms with Crippen molar-refractivity contribution in [2.24, 2.45) is 5.41 Å². The van der Waals surface area contributed by atoms with Crippen LogP contribution >= 0.6 is 12.4 Å². The number of imidazole rings is 1. The van der Waals surface area contributed by atoms with Crippen molar-refractivity contribution in [1.82, 2.24) is 19.8 Å². The summed E-state index contributed by atoms with van der Waals surface area (Å²) in [6.07, 6.45) is 10.8. The van der Waals surface area contributed by atoms with Crippen LogP contribution in [0.2, 0.25) is 0 Å². The molecule has 0 radical (unpaired) electrons. The number of benzene rings is 1. The van der Waals surface area contributed by atoms with Gasteiger partial charge in [-0.15, -0.1) is 12.4 Å². The van der Waals surface area contributed by atoms with Crippen molar-refractivity contribution < 1.29 is 4.79 Å². The SMILES string of the molecule is CCn1ccnc1CN(C(=O)c1ccc2c(c1)CCC2)C1CC12CCNCC2.Cl. The average Bonchev–Trinajstić information content (AvgIpc) is 3.09. The summed E-state index contributed by atoms with van der Waals surface area (Å²) in [7, 11) is 0. The van der Waals surface area contributed by atoms with Gasteiger partial charge in [0.15, 0.2) is 0 Å². The fourth-order valence-electron chi connectivity index (χ4n) is 5.36. The third kappa shape index (κ3) is 3.71. The van der Waals surface area contributed by atoms with Gasteiger partial charge in [0.25, 0.3) is 5.91 Å². The number of carbonyl (C=O) groups is 1. The molecule has 1 atom stereocenters. The van der Waals surface area contributed by atoms with Gasteiger partial charge >= 0.3 is 0 Å². The highest BCUT2D eigenvalue weighted by Crippen LogP contribution is 2.56. The van der Waals surface area contributed by atoms with E-state index in [-0.39, 0.29) is 18.3 Å². The molecule has 1 N–H and O–H groups in total. The second-order valence-corrected chi connectivity index (χ2v) is 8.73. The monoisotopic (exact) mass is 414 g/mol.